The van der Waals surface area contributed by atoms with Gasteiger partial charge in [0.15, 0.2) is 5.65 Å². The standard InChI is InChI=1S/C19H29N5O2.2ClH/c1-11-15(7-8-16(25)24-10-9-20-12(2)14(24)4)13(3)21-18-17(11)19(26-6)22-23(18)5;;/h12,14,20H,7-10H2,1-6H3;2*1H. The Hall–Kier alpha value is -1.57. The van der Waals surface area contributed by atoms with Crippen LogP contribution in [0.2, 0.25) is 0 Å². The van der Waals surface area contributed by atoms with Crippen molar-refractivity contribution >= 4 is 41.8 Å². The van der Waals surface area contributed by atoms with Crippen LogP contribution in [0.15, 0.2) is 0 Å². The van der Waals surface area contributed by atoms with Crippen molar-refractivity contribution in [2.45, 2.75) is 52.6 Å². The Kier molecular flexibility index (Phi) is 8.53. The van der Waals surface area contributed by atoms with E-state index in [0.717, 1.165) is 40.9 Å². The molecule has 3 heterocycles. The molecule has 28 heavy (non-hydrogen) atoms. The summed E-state index contributed by atoms with van der Waals surface area (Å²) < 4.78 is 7.16. The quantitative estimate of drug-likeness (QED) is 0.804. The van der Waals surface area contributed by atoms with E-state index in [1.165, 1.54) is 0 Å². The second-order valence-electron chi connectivity index (χ2n) is 7.20. The fourth-order valence-corrected chi connectivity index (χ4v) is 3.89. The summed E-state index contributed by atoms with van der Waals surface area (Å²) in [5, 5.41) is 8.74. The van der Waals surface area contributed by atoms with Gasteiger partial charge in [0.1, 0.15) is 0 Å². The maximum absolute atomic E-state index is 12.8. The molecule has 158 valence electrons. The maximum Gasteiger partial charge on any atom is 0.242 e. The number of amides is 1. The molecule has 1 aliphatic rings. The van der Waals surface area contributed by atoms with Crippen molar-refractivity contribution in [2.75, 3.05) is 20.2 Å². The van der Waals surface area contributed by atoms with E-state index in [1.807, 2.05) is 18.9 Å². The van der Waals surface area contributed by atoms with Gasteiger partial charge in [0.05, 0.1) is 12.5 Å². The number of carbonyl (C=O) groups excluding carboxylic acids is 1. The first-order chi connectivity index (χ1) is 12.3. The second-order valence-corrected chi connectivity index (χ2v) is 7.20. The predicted molar refractivity (Wildman–Crippen MR) is 116 cm³/mol. The first kappa shape index (κ1) is 24.5. The van der Waals surface area contributed by atoms with E-state index in [9.17, 15) is 4.79 Å². The highest BCUT2D eigenvalue weighted by molar-refractivity contribution is 5.86. The Morgan fingerprint density at radius 3 is 2.61 bits per heavy atom. The zero-order valence-electron chi connectivity index (χ0n) is 17.4. The largest absolute Gasteiger partial charge is 0.479 e. The van der Waals surface area contributed by atoms with Gasteiger partial charge in [0.2, 0.25) is 11.8 Å². The zero-order valence-corrected chi connectivity index (χ0v) is 19.0. The van der Waals surface area contributed by atoms with E-state index in [4.69, 9.17) is 9.72 Å². The highest BCUT2D eigenvalue weighted by Gasteiger charge is 2.28. The molecule has 0 aliphatic carbocycles. The molecule has 2 aromatic heterocycles. The monoisotopic (exact) mass is 431 g/mol. The molecule has 7 nitrogen and oxygen atoms in total. The number of rotatable bonds is 4. The highest BCUT2D eigenvalue weighted by Crippen LogP contribution is 2.30. The summed E-state index contributed by atoms with van der Waals surface area (Å²) in [6.07, 6.45) is 1.18. The van der Waals surface area contributed by atoms with Crippen molar-refractivity contribution in [2.24, 2.45) is 7.05 Å². The van der Waals surface area contributed by atoms with Crippen molar-refractivity contribution in [3.05, 3.63) is 16.8 Å². The van der Waals surface area contributed by atoms with Crippen molar-refractivity contribution in [3.8, 4) is 5.88 Å². The molecule has 0 radical (unpaired) electrons. The average Bonchev–Trinajstić information content (AvgIpc) is 2.93. The number of halogens is 2. The molecule has 1 amide bonds. The van der Waals surface area contributed by atoms with Crippen LogP contribution < -0.4 is 10.1 Å². The van der Waals surface area contributed by atoms with Gasteiger partial charge in [-0.05, 0) is 45.2 Å². The molecular weight excluding hydrogens is 401 g/mol. The van der Waals surface area contributed by atoms with E-state index in [0.29, 0.717) is 24.8 Å². The normalized spacial score (nSPS) is 19.1. The summed E-state index contributed by atoms with van der Waals surface area (Å²) in [6.45, 7) is 9.94. The van der Waals surface area contributed by atoms with Crippen LogP contribution in [-0.4, -0.2) is 57.9 Å². The highest BCUT2D eigenvalue weighted by atomic mass is 35.5. The molecule has 0 bridgehead atoms. The Bertz CT molecular complexity index is 840. The molecule has 1 aliphatic heterocycles. The number of aryl methyl sites for hydroxylation is 3. The lowest BCUT2D eigenvalue weighted by molar-refractivity contribution is -0.134. The van der Waals surface area contributed by atoms with Gasteiger partial charge < -0.3 is 15.0 Å². The van der Waals surface area contributed by atoms with Crippen molar-refractivity contribution < 1.29 is 9.53 Å². The predicted octanol–water partition coefficient (Wildman–Crippen LogP) is 2.58. The molecular formula is C19H31Cl2N5O2. The zero-order chi connectivity index (χ0) is 19.0. The second kappa shape index (κ2) is 9.76. The summed E-state index contributed by atoms with van der Waals surface area (Å²) in [6, 6.07) is 0.548. The van der Waals surface area contributed by atoms with Crippen molar-refractivity contribution in [3.63, 3.8) is 0 Å². The number of nitrogens with zero attached hydrogens (tertiary/aromatic N) is 4. The minimum atomic E-state index is 0. The molecule has 2 aromatic rings. The van der Waals surface area contributed by atoms with Crippen molar-refractivity contribution in [1.82, 2.24) is 25.0 Å². The van der Waals surface area contributed by atoms with Crippen LogP contribution in [0.25, 0.3) is 11.0 Å². The maximum atomic E-state index is 12.8. The number of piperazine rings is 1. The molecule has 2 atom stereocenters. The number of hydrogen-bond donors (Lipinski definition) is 1. The molecule has 0 aromatic carbocycles. The average molecular weight is 432 g/mol. The molecule has 0 saturated carbocycles. The number of ether oxygens (including phenoxy) is 1. The van der Waals surface area contributed by atoms with Gasteiger partial charge in [-0.25, -0.2) is 9.67 Å². The number of aromatic nitrogens is 3. The molecule has 0 spiro atoms. The van der Waals surface area contributed by atoms with Crippen LogP contribution in [0.4, 0.5) is 0 Å². The van der Waals surface area contributed by atoms with Gasteiger partial charge in [0.25, 0.3) is 0 Å². The Labute approximate surface area is 179 Å². The first-order valence-electron chi connectivity index (χ1n) is 9.24. The summed E-state index contributed by atoms with van der Waals surface area (Å²) in [4.78, 5) is 19.5. The number of nitrogens with one attached hydrogen (secondary N) is 1. The smallest absolute Gasteiger partial charge is 0.242 e. The Morgan fingerprint density at radius 2 is 1.96 bits per heavy atom. The summed E-state index contributed by atoms with van der Waals surface area (Å²) in [5.74, 6) is 0.799. The summed E-state index contributed by atoms with van der Waals surface area (Å²) in [5.41, 5.74) is 3.99. The minimum Gasteiger partial charge on any atom is -0.479 e. The van der Waals surface area contributed by atoms with Crippen molar-refractivity contribution in [1.29, 1.82) is 0 Å². The molecule has 1 saturated heterocycles. The Morgan fingerprint density at radius 1 is 1.29 bits per heavy atom. The fraction of sp³-hybridized carbons (Fsp3) is 0.632. The van der Waals surface area contributed by atoms with Gasteiger partial charge in [-0.15, -0.1) is 29.9 Å². The fourth-order valence-electron chi connectivity index (χ4n) is 3.89. The minimum absolute atomic E-state index is 0. The van der Waals surface area contributed by atoms with E-state index in [-0.39, 0.29) is 36.8 Å². The molecule has 3 rings (SSSR count). The van der Waals surface area contributed by atoms with E-state index < -0.39 is 0 Å². The molecule has 1 N–H and O–H groups in total. The van der Waals surface area contributed by atoms with Crippen LogP contribution in [0, 0.1) is 13.8 Å². The Balaban J connectivity index is 0.00000196. The van der Waals surface area contributed by atoms with Crippen LogP contribution in [0.5, 0.6) is 5.88 Å². The van der Waals surface area contributed by atoms with Crippen LogP contribution in [0.1, 0.15) is 37.1 Å². The number of pyridine rings is 1. The van der Waals surface area contributed by atoms with Gasteiger partial charge >= 0.3 is 0 Å². The van der Waals surface area contributed by atoms with Crippen LogP contribution >= 0.6 is 24.8 Å². The number of hydrogen-bond acceptors (Lipinski definition) is 5. The molecule has 9 heteroatoms. The number of fused-ring (bicyclic) bond motifs is 1. The first-order valence-corrected chi connectivity index (χ1v) is 9.24. The molecule has 2 unspecified atom stereocenters. The number of methoxy groups -OCH3 is 1. The third-order valence-corrected chi connectivity index (χ3v) is 5.66. The lowest BCUT2D eigenvalue weighted by Gasteiger charge is -2.38. The lowest BCUT2D eigenvalue weighted by atomic mass is 9.99. The summed E-state index contributed by atoms with van der Waals surface area (Å²) >= 11 is 0. The van der Waals surface area contributed by atoms with E-state index in [1.54, 1.807) is 11.8 Å². The topological polar surface area (TPSA) is 72.3 Å². The van der Waals surface area contributed by atoms with Crippen LogP contribution in [-0.2, 0) is 18.3 Å². The van der Waals surface area contributed by atoms with Gasteiger partial charge in [-0.1, -0.05) is 0 Å². The lowest BCUT2D eigenvalue weighted by Crippen LogP contribution is -2.57. The summed E-state index contributed by atoms with van der Waals surface area (Å²) in [7, 11) is 3.49. The van der Waals surface area contributed by atoms with E-state index >= 15 is 0 Å². The SMILES string of the molecule is COc1nn(C)c2nc(C)c(CCC(=O)N3CCNC(C)C3C)c(C)c12.Cl.Cl. The third-order valence-electron chi connectivity index (χ3n) is 5.66. The molecule has 1 fully saturated rings. The third kappa shape index (κ3) is 4.36. The van der Waals surface area contributed by atoms with E-state index in [2.05, 4.69) is 31.2 Å². The van der Waals surface area contributed by atoms with Gasteiger partial charge in [-0.2, -0.15) is 0 Å². The van der Waals surface area contributed by atoms with Gasteiger partial charge in [-0.3, -0.25) is 4.79 Å². The number of carbonyl (C=O) groups is 1. The van der Waals surface area contributed by atoms with Crippen LogP contribution in [0.3, 0.4) is 0 Å². The van der Waals surface area contributed by atoms with Gasteiger partial charge in [0, 0.05) is 44.3 Å².